The third-order valence-electron chi connectivity index (χ3n) is 4.21. The van der Waals surface area contributed by atoms with Gasteiger partial charge in [0.1, 0.15) is 23.3 Å². The van der Waals surface area contributed by atoms with Gasteiger partial charge in [0.05, 0.1) is 17.8 Å². The van der Waals surface area contributed by atoms with Gasteiger partial charge in [0.15, 0.2) is 0 Å². The van der Waals surface area contributed by atoms with Gasteiger partial charge in [0.25, 0.3) is 5.71 Å². The zero-order valence-electron chi connectivity index (χ0n) is 12.5. The molecule has 0 bridgehead atoms. The van der Waals surface area contributed by atoms with Crippen LogP contribution in [0.2, 0.25) is 0 Å². The Morgan fingerprint density at radius 2 is 2.22 bits per heavy atom. The van der Waals surface area contributed by atoms with E-state index in [2.05, 4.69) is 15.1 Å². The van der Waals surface area contributed by atoms with Crippen molar-refractivity contribution in [2.24, 2.45) is 0 Å². The van der Waals surface area contributed by atoms with Crippen LogP contribution in [0.4, 0.5) is 10.2 Å². The van der Waals surface area contributed by atoms with Crippen molar-refractivity contribution < 1.29 is 14.0 Å². The van der Waals surface area contributed by atoms with E-state index >= 15 is 0 Å². The van der Waals surface area contributed by atoms with E-state index in [1.165, 1.54) is 18.5 Å². The summed E-state index contributed by atoms with van der Waals surface area (Å²) in [6.07, 6.45) is 1.42. The standard InChI is InChI=1S/C16H15FN4O2/c1-9-14-15(18-8-19-16(14)23-20-9)21-7-12(22)6-13(21)10-3-2-4-11(17)5-10/h2-5,8,12-13,22H,6-7H2,1H3/t12-,13-/m0/s1. The molecule has 3 heterocycles. The van der Waals surface area contributed by atoms with E-state index < -0.39 is 6.10 Å². The first kappa shape index (κ1) is 14.1. The Labute approximate surface area is 131 Å². The monoisotopic (exact) mass is 314 g/mol. The molecule has 23 heavy (non-hydrogen) atoms. The first-order valence-corrected chi connectivity index (χ1v) is 7.40. The molecule has 0 spiro atoms. The molecule has 1 aliphatic heterocycles. The number of fused-ring (bicyclic) bond motifs is 1. The number of anilines is 1. The molecule has 0 saturated carbocycles. The number of halogens is 1. The summed E-state index contributed by atoms with van der Waals surface area (Å²) in [5, 5.41) is 14.8. The first-order valence-electron chi connectivity index (χ1n) is 7.40. The highest BCUT2D eigenvalue weighted by Gasteiger charge is 2.35. The maximum absolute atomic E-state index is 13.6. The van der Waals surface area contributed by atoms with E-state index in [1.807, 2.05) is 17.9 Å². The number of nitrogens with zero attached hydrogens (tertiary/aromatic N) is 4. The Balaban J connectivity index is 1.83. The van der Waals surface area contributed by atoms with E-state index in [9.17, 15) is 9.50 Å². The van der Waals surface area contributed by atoms with Crippen LogP contribution in [0, 0.1) is 12.7 Å². The number of rotatable bonds is 2. The zero-order chi connectivity index (χ0) is 16.0. The van der Waals surface area contributed by atoms with Gasteiger partial charge in [-0.25, -0.2) is 9.37 Å². The van der Waals surface area contributed by atoms with Crippen molar-refractivity contribution in [1.82, 2.24) is 15.1 Å². The van der Waals surface area contributed by atoms with Crippen LogP contribution in [-0.2, 0) is 0 Å². The number of β-amino-alcohol motifs (C(OH)–C–C–N with tert-alkyl or cyclic N) is 1. The maximum atomic E-state index is 13.6. The summed E-state index contributed by atoms with van der Waals surface area (Å²) in [4.78, 5) is 10.4. The largest absolute Gasteiger partial charge is 0.391 e. The van der Waals surface area contributed by atoms with E-state index in [1.54, 1.807) is 6.07 Å². The highest BCUT2D eigenvalue weighted by atomic mass is 19.1. The molecule has 4 rings (SSSR count). The van der Waals surface area contributed by atoms with Crippen LogP contribution in [-0.4, -0.2) is 32.9 Å². The summed E-state index contributed by atoms with van der Waals surface area (Å²) in [5.74, 6) is 0.359. The molecule has 6 nitrogen and oxygen atoms in total. The minimum atomic E-state index is -0.506. The molecule has 7 heteroatoms. The van der Waals surface area contributed by atoms with Crippen LogP contribution in [0.1, 0.15) is 23.7 Å². The molecule has 1 fully saturated rings. The summed E-state index contributed by atoms with van der Waals surface area (Å²) in [6, 6.07) is 6.28. The molecule has 2 aromatic heterocycles. The predicted molar refractivity (Wildman–Crippen MR) is 81.4 cm³/mol. The van der Waals surface area contributed by atoms with Crippen LogP contribution in [0.25, 0.3) is 11.1 Å². The van der Waals surface area contributed by atoms with Crippen molar-refractivity contribution in [3.05, 3.63) is 47.7 Å². The minimum Gasteiger partial charge on any atom is -0.391 e. The van der Waals surface area contributed by atoms with Crippen molar-refractivity contribution in [3.8, 4) is 0 Å². The Morgan fingerprint density at radius 1 is 1.35 bits per heavy atom. The van der Waals surface area contributed by atoms with Gasteiger partial charge >= 0.3 is 0 Å². The molecule has 118 valence electrons. The third kappa shape index (κ3) is 2.33. The topological polar surface area (TPSA) is 75.3 Å². The van der Waals surface area contributed by atoms with Crippen LogP contribution in [0.3, 0.4) is 0 Å². The zero-order valence-corrected chi connectivity index (χ0v) is 12.5. The summed E-state index contributed by atoms with van der Waals surface area (Å²) in [7, 11) is 0. The lowest BCUT2D eigenvalue weighted by molar-refractivity contribution is 0.194. The molecule has 0 unspecified atom stereocenters. The van der Waals surface area contributed by atoms with Gasteiger partial charge in [0, 0.05) is 6.54 Å². The highest BCUT2D eigenvalue weighted by Crippen LogP contribution is 2.38. The Kier molecular flexibility index (Phi) is 3.23. The second-order valence-corrected chi connectivity index (χ2v) is 5.76. The van der Waals surface area contributed by atoms with Gasteiger partial charge in [-0.05, 0) is 31.0 Å². The van der Waals surface area contributed by atoms with Gasteiger partial charge in [0.2, 0.25) is 0 Å². The molecule has 0 aliphatic carbocycles. The lowest BCUT2D eigenvalue weighted by atomic mass is 10.0. The summed E-state index contributed by atoms with van der Waals surface area (Å²) < 4.78 is 18.8. The van der Waals surface area contributed by atoms with Gasteiger partial charge < -0.3 is 14.5 Å². The number of aliphatic hydroxyl groups excluding tert-OH is 1. The molecular weight excluding hydrogens is 299 g/mol. The number of benzene rings is 1. The highest BCUT2D eigenvalue weighted by molar-refractivity contribution is 5.88. The number of aliphatic hydroxyl groups is 1. The average molecular weight is 314 g/mol. The van der Waals surface area contributed by atoms with E-state index in [-0.39, 0.29) is 11.9 Å². The second-order valence-electron chi connectivity index (χ2n) is 5.76. The number of aromatic nitrogens is 3. The van der Waals surface area contributed by atoms with Crippen molar-refractivity contribution in [3.63, 3.8) is 0 Å². The molecular formula is C16H15FN4O2. The third-order valence-corrected chi connectivity index (χ3v) is 4.21. The minimum absolute atomic E-state index is 0.159. The Morgan fingerprint density at radius 3 is 3.04 bits per heavy atom. The maximum Gasteiger partial charge on any atom is 0.263 e. The number of aryl methyl sites for hydroxylation is 1. The van der Waals surface area contributed by atoms with Crippen LogP contribution in [0.5, 0.6) is 0 Å². The molecule has 1 aliphatic rings. The summed E-state index contributed by atoms with van der Waals surface area (Å²) in [5.41, 5.74) is 1.91. The van der Waals surface area contributed by atoms with Crippen LogP contribution >= 0.6 is 0 Å². The lowest BCUT2D eigenvalue weighted by Crippen LogP contribution is -2.25. The average Bonchev–Trinajstić information content (AvgIpc) is 3.11. The normalized spacial score (nSPS) is 21.3. The SMILES string of the molecule is Cc1noc2ncnc(N3C[C@@H](O)C[C@H]3c3cccc(F)c3)c12. The van der Waals surface area contributed by atoms with Gasteiger partial charge in [-0.15, -0.1) is 0 Å². The van der Waals surface area contributed by atoms with Crippen molar-refractivity contribution in [2.45, 2.75) is 25.5 Å². The molecule has 0 amide bonds. The lowest BCUT2D eigenvalue weighted by Gasteiger charge is -2.26. The smallest absolute Gasteiger partial charge is 0.263 e. The first-order chi connectivity index (χ1) is 11.1. The molecule has 2 atom stereocenters. The number of hydrogen-bond acceptors (Lipinski definition) is 6. The second kappa shape index (κ2) is 5.27. The van der Waals surface area contributed by atoms with Crippen molar-refractivity contribution in [1.29, 1.82) is 0 Å². The Bertz CT molecular complexity index is 866. The fourth-order valence-corrected chi connectivity index (χ4v) is 3.20. The van der Waals surface area contributed by atoms with E-state index in [0.717, 1.165) is 10.9 Å². The quantitative estimate of drug-likeness (QED) is 0.783. The van der Waals surface area contributed by atoms with Crippen LogP contribution in [0.15, 0.2) is 35.1 Å². The van der Waals surface area contributed by atoms with Crippen molar-refractivity contribution >= 4 is 16.9 Å². The fraction of sp³-hybridized carbons (Fsp3) is 0.312. The van der Waals surface area contributed by atoms with Crippen LogP contribution < -0.4 is 4.90 Å². The molecule has 1 N–H and O–H groups in total. The van der Waals surface area contributed by atoms with Crippen molar-refractivity contribution in [2.75, 3.05) is 11.4 Å². The van der Waals surface area contributed by atoms with Gasteiger partial charge in [-0.1, -0.05) is 17.3 Å². The summed E-state index contributed by atoms with van der Waals surface area (Å²) >= 11 is 0. The van der Waals surface area contributed by atoms with E-state index in [0.29, 0.717) is 30.2 Å². The number of hydrogen-bond donors (Lipinski definition) is 1. The molecule has 0 radical (unpaired) electrons. The molecule has 1 saturated heterocycles. The fourth-order valence-electron chi connectivity index (χ4n) is 3.20. The molecule has 3 aromatic rings. The van der Waals surface area contributed by atoms with E-state index in [4.69, 9.17) is 4.52 Å². The summed E-state index contributed by atoms with van der Waals surface area (Å²) in [6.45, 7) is 2.24. The van der Waals surface area contributed by atoms with Gasteiger partial charge in [-0.2, -0.15) is 4.98 Å². The van der Waals surface area contributed by atoms with Gasteiger partial charge in [-0.3, -0.25) is 0 Å². The molecule has 1 aromatic carbocycles. The predicted octanol–water partition coefficient (Wildman–Crippen LogP) is 2.38. The Hall–Kier alpha value is -2.54.